The van der Waals surface area contributed by atoms with Gasteiger partial charge in [-0.15, -0.1) is 0 Å². The van der Waals surface area contributed by atoms with E-state index in [4.69, 9.17) is 14.2 Å². The number of hydrogen-bond donors (Lipinski definition) is 0. The normalized spacial score (nSPS) is 18.9. The Morgan fingerprint density at radius 1 is 1.27 bits per heavy atom. The van der Waals surface area contributed by atoms with Gasteiger partial charge in [0.15, 0.2) is 11.5 Å². The molecular weight excluding hydrogens is 386 g/mol. The lowest BCUT2D eigenvalue weighted by molar-refractivity contribution is -0.145. The van der Waals surface area contributed by atoms with E-state index in [1.54, 1.807) is 16.5 Å². The summed E-state index contributed by atoms with van der Waals surface area (Å²) in [6, 6.07) is 7.54. The Balaban J connectivity index is 1.46. The summed E-state index contributed by atoms with van der Waals surface area (Å²) in [7, 11) is 1.88. The number of nitrogens with zero attached hydrogens (tertiary/aromatic N) is 3. The first-order valence-electron chi connectivity index (χ1n) is 10.3. The lowest BCUT2D eigenvalue weighted by atomic mass is 10.1. The maximum absolute atomic E-state index is 13.2. The van der Waals surface area contributed by atoms with Gasteiger partial charge >= 0.3 is 5.97 Å². The predicted octanol–water partition coefficient (Wildman–Crippen LogP) is 2.23. The standard InChI is InChI=1S/C22H27N3O5/c1-4-28-22(27)18-10-16(18)11-25(12-17-7-14(2)24(3)23-17)21(26)9-15-5-6-19-20(8-15)30-13-29-19/h5-8,16,18H,4,9-13H2,1-3H3/t16-,18-/m0/s1. The van der Waals surface area contributed by atoms with Gasteiger partial charge < -0.3 is 19.1 Å². The third kappa shape index (κ3) is 4.42. The third-order valence-electron chi connectivity index (χ3n) is 5.63. The van der Waals surface area contributed by atoms with E-state index < -0.39 is 0 Å². The van der Waals surface area contributed by atoms with Crippen LogP contribution in [0.25, 0.3) is 0 Å². The Kier molecular flexibility index (Phi) is 5.65. The molecule has 0 N–H and O–H groups in total. The van der Waals surface area contributed by atoms with Crippen LogP contribution in [-0.4, -0.2) is 46.5 Å². The van der Waals surface area contributed by atoms with Crippen LogP contribution in [0.4, 0.5) is 0 Å². The first-order valence-corrected chi connectivity index (χ1v) is 10.3. The van der Waals surface area contributed by atoms with Crippen LogP contribution in [0.15, 0.2) is 24.3 Å². The molecule has 30 heavy (non-hydrogen) atoms. The zero-order chi connectivity index (χ0) is 21.3. The van der Waals surface area contributed by atoms with E-state index in [1.807, 2.05) is 38.2 Å². The van der Waals surface area contributed by atoms with Crippen LogP contribution in [0.2, 0.25) is 0 Å². The summed E-state index contributed by atoms with van der Waals surface area (Å²) < 4.78 is 17.7. The number of benzene rings is 1. The minimum absolute atomic E-state index is 0.00770. The first-order chi connectivity index (χ1) is 14.4. The van der Waals surface area contributed by atoms with Gasteiger partial charge in [-0.1, -0.05) is 6.07 Å². The number of hydrogen-bond acceptors (Lipinski definition) is 6. The summed E-state index contributed by atoms with van der Waals surface area (Å²) in [5.41, 5.74) is 2.73. The van der Waals surface area contributed by atoms with Gasteiger partial charge in [-0.25, -0.2) is 0 Å². The molecule has 1 amide bonds. The third-order valence-corrected chi connectivity index (χ3v) is 5.63. The van der Waals surface area contributed by atoms with E-state index in [0.717, 1.165) is 23.4 Å². The van der Waals surface area contributed by atoms with Crippen molar-refractivity contribution in [1.29, 1.82) is 0 Å². The van der Waals surface area contributed by atoms with E-state index in [0.29, 0.717) is 31.2 Å². The van der Waals surface area contributed by atoms with E-state index in [-0.39, 0.29) is 36.9 Å². The minimum atomic E-state index is -0.167. The van der Waals surface area contributed by atoms with Gasteiger partial charge in [-0.2, -0.15) is 5.10 Å². The van der Waals surface area contributed by atoms with E-state index in [9.17, 15) is 9.59 Å². The van der Waals surface area contributed by atoms with Crippen molar-refractivity contribution in [2.45, 2.75) is 33.2 Å². The molecule has 1 aliphatic carbocycles. The van der Waals surface area contributed by atoms with Crippen molar-refractivity contribution in [2.24, 2.45) is 18.9 Å². The van der Waals surface area contributed by atoms with Gasteiger partial charge in [0, 0.05) is 19.3 Å². The van der Waals surface area contributed by atoms with Gasteiger partial charge in [-0.3, -0.25) is 14.3 Å². The molecule has 0 unspecified atom stereocenters. The molecule has 8 nitrogen and oxygen atoms in total. The molecule has 2 aliphatic rings. The van der Waals surface area contributed by atoms with Crippen molar-refractivity contribution in [3.63, 3.8) is 0 Å². The fraction of sp³-hybridized carbons (Fsp3) is 0.500. The van der Waals surface area contributed by atoms with Crippen LogP contribution >= 0.6 is 0 Å². The number of esters is 1. The molecule has 0 bridgehead atoms. The highest BCUT2D eigenvalue weighted by molar-refractivity contribution is 5.80. The Hall–Kier alpha value is -3.03. The van der Waals surface area contributed by atoms with Crippen molar-refractivity contribution in [3.05, 3.63) is 41.2 Å². The molecule has 4 rings (SSSR count). The monoisotopic (exact) mass is 413 g/mol. The maximum atomic E-state index is 13.2. The fourth-order valence-corrected chi connectivity index (χ4v) is 3.77. The highest BCUT2D eigenvalue weighted by atomic mass is 16.7. The van der Waals surface area contributed by atoms with Crippen LogP contribution in [0.3, 0.4) is 0 Å². The topological polar surface area (TPSA) is 82.9 Å². The van der Waals surface area contributed by atoms with Crippen molar-refractivity contribution in [2.75, 3.05) is 19.9 Å². The average molecular weight is 413 g/mol. The Morgan fingerprint density at radius 2 is 2.07 bits per heavy atom. The van der Waals surface area contributed by atoms with Gasteiger partial charge in [0.25, 0.3) is 0 Å². The molecular formula is C22H27N3O5. The largest absolute Gasteiger partial charge is 0.466 e. The van der Waals surface area contributed by atoms with Crippen molar-refractivity contribution < 1.29 is 23.8 Å². The first kappa shape index (κ1) is 20.3. The number of fused-ring (bicyclic) bond motifs is 1. The highest BCUT2D eigenvalue weighted by Crippen LogP contribution is 2.40. The smallest absolute Gasteiger partial charge is 0.309 e. The van der Waals surface area contributed by atoms with Crippen molar-refractivity contribution >= 4 is 11.9 Å². The molecule has 2 atom stereocenters. The molecule has 2 aromatic rings. The summed E-state index contributed by atoms with van der Waals surface area (Å²) in [4.78, 5) is 27.0. The quantitative estimate of drug-likeness (QED) is 0.617. The fourth-order valence-electron chi connectivity index (χ4n) is 3.77. The van der Waals surface area contributed by atoms with Crippen LogP contribution in [-0.2, 0) is 34.3 Å². The Morgan fingerprint density at radius 3 is 2.80 bits per heavy atom. The molecule has 0 spiro atoms. The number of aryl methyl sites for hydroxylation is 2. The van der Waals surface area contributed by atoms with Crippen molar-refractivity contribution in [1.82, 2.24) is 14.7 Å². The zero-order valence-electron chi connectivity index (χ0n) is 17.6. The van der Waals surface area contributed by atoms with Gasteiger partial charge in [0.1, 0.15) is 0 Å². The molecule has 1 saturated carbocycles. The summed E-state index contributed by atoms with van der Waals surface area (Å²) in [6.45, 7) is 5.29. The second kappa shape index (κ2) is 8.38. The predicted molar refractivity (Wildman–Crippen MR) is 108 cm³/mol. The Bertz CT molecular complexity index is 935. The van der Waals surface area contributed by atoms with Crippen LogP contribution in [0, 0.1) is 18.8 Å². The summed E-state index contributed by atoms with van der Waals surface area (Å²) in [6.07, 6.45) is 1.01. The number of aromatic nitrogens is 2. The van der Waals surface area contributed by atoms with Crippen LogP contribution in [0.1, 0.15) is 30.3 Å². The molecule has 2 heterocycles. The number of carbonyl (C=O) groups excluding carboxylic acids is 2. The lowest BCUT2D eigenvalue weighted by Crippen LogP contribution is -2.34. The van der Waals surface area contributed by atoms with Crippen molar-refractivity contribution in [3.8, 4) is 11.5 Å². The molecule has 0 radical (unpaired) electrons. The van der Waals surface area contributed by atoms with Gasteiger partial charge in [0.05, 0.1) is 31.2 Å². The van der Waals surface area contributed by atoms with E-state index in [1.165, 1.54) is 0 Å². The van der Waals surface area contributed by atoms with Crippen LogP contribution < -0.4 is 9.47 Å². The molecule has 1 aromatic heterocycles. The zero-order valence-corrected chi connectivity index (χ0v) is 17.6. The Labute approximate surface area is 175 Å². The molecule has 1 aromatic carbocycles. The lowest BCUT2D eigenvalue weighted by Gasteiger charge is -2.22. The average Bonchev–Trinajstić information content (AvgIpc) is 3.19. The molecule has 0 saturated heterocycles. The molecule has 1 aliphatic heterocycles. The number of rotatable bonds is 8. The second-order valence-electron chi connectivity index (χ2n) is 7.89. The van der Waals surface area contributed by atoms with E-state index >= 15 is 0 Å². The molecule has 8 heteroatoms. The van der Waals surface area contributed by atoms with Crippen LogP contribution in [0.5, 0.6) is 11.5 Å². The molecule has 1 fully saturated rings. The second-order valence-corrected chi connectivity index (χ2v) is 7.89. The molecule has 160 valence electrons. The van der Waals surface area contributed by atoms with E-state index in [2.05, 4.69) is 5.10 Å². The summed E-state index contributed by atoms with van der Waals surface area (Å²) in [5.74, 6) is 1.20. The summed E-state index contributed by atoms with van der Waals surface area (Å²) in [5, 5.41) is 4.49. The van der Waals surface area contributed by atoms with Gasteiger partial charge in [0.2, 0.25) is 12.7 Å². The highest BCUT2D eigenvalue weighted by Gasteiger charge is 2.45. The number of ether oxygens (including phenoxy) is 3. The SMILES string of the molecule is CCOC(=O)[C@H]1C[C@H]1CN(Cc1cc(C)n(C)n1)C(=O)Cc1ccc2c(c1)OCO2. The van der Waals surface area contributed by atoms with Gasteiger partial charge in [-0.05, 0) is 49.9 Å². The number of carbonyl (C=O) groups is 2. The summed E-state index contributed by atoms with van der Waals surface area (Å²) >= 11 is 0. The number of amides is 1. The maximum Gasteiger partial charge on any atom is 0.309 e. The minimum Gasteiger partial charge on any atom is -0.466 e.